The lowest BCUT2D eigenvalue weighted by molar-refractivity contribution is 0.918. The van der Waals surface area contributed by atoms with Gasteiger partial charge in [-0.1, -0.05) is 200 Å². The van der Waals surface area contributed by atoms with Crippen LogP contribution in [0.3, 0.4) is 0 Å². The summed E-state index contributed by atoms with van der Waals surface area (Å²) in [6.07, 6.45) is 0. The Bertz CT molecular complexity index is 3190. The van der Waals surface area contributed by atoms with E-state index in [0.717, 1.165) is 88.7 Å². The molecular formula is C56H37N5. The highest BCUT2D eigenvalue weighted by atomic mass is 15.3. The molecule has 0 aliphatic heterocycles. The third-order valence-corrected chi connectivity index (χ3v) is 11.3. The molecule has 0 atom stereocenters. The van der Waals surface area contributed by atoms with Crippen LogP contribution in [0.1, 0.15) is 0 Å². The van der Waals surface area contributed by atoms with Gasteiger partial charge in [-0.2, -0.15) is 5.10 Å². The lowest BCUT2D eigenvalue weighted by Gasteiger charge is -2.13. The van der Waals surface area contributed by atoms with E-state index in [-0.39, 0.29) is 0 Å². The zero-order chi connectivity index (χ0) is 40.5. The van der Waals surface area contributed by atoms with Gasteiger partial charge in [0, 0.05) is 33.0 Å². The topological polar surface area (TPSA) is 56.5 Å². The molecule has 2 aromatic heterocycles. The van der Waals surface area contributed by atoms with Crippen molar-refractivity contribution in [2.45, 2.75) is 0 Å². The van der Waals surface area contributed by atoms with Crippen molar-refractivity contribution < 1.29 is 0 Å². The van der Waals surface area contributed by atoms with Crippen LogP contribution in [0.5, 0.6) is 0 Å². The van der Waals surface area contributed by atoms with Crippen LogP contribution in [0.15, 0.2) is 224 Å². The van der Waals surface area contributed by atoms with Crippen LogP contribution in [0.2, 0.25) is 0 Å². The number of rotatable bonds is 8. The van der Waals surface area contributed by atoms with Crippen LogP contribution >= 0.6 is 0 Å². The first-order valence-electron chi connectivity index (χ1n) is 20.5. The molecule has 0 spiro atoms. The Morgan fingerprint density at radius 2 is 0.705 bits per heavy atom. The summed E-state index contributed by atoms with van der Waals surface area (Å²) >= 11 is 0. The standard InChI is InChI=1S/C56H37N5/c1-6-16-38(17-7-1)40-26-30-44(31-27-40)54-57-55(45-32-28-41(29-33-45)39-18-8-2-9-19-39)59-56(58-54)47-35-34-46-36-49(42-20-10-3-11-21-42)51-52(43-22-12-4-13-23-43)60-61(53(51)50(46)37-47)48-24-14-5-15-25-48/h1-37H. The maximum atomic E-state index is 5.41. The van der Waals surface area contributed by atoms with E-state index in [1.807, 2.05) is 24.3 Å². The van der Waals surface area contributed by atoms with E-state index < -0.39 is 0 Å². The SMILES string of the molecule is c1ccc(-c2ccc(-c3nc(-c4ccc(-c5ccccc5)cc4)nc(-c4ccc5cc(-c6ccccc6)c6c(-c7ccccc7)nn(-c7ccccc7)c6c5c4)n3)cc2)cc1. The average Bonchev–Trinajstić information content (AvgIpc) is 3.76. The first kappa shape index (κ1) is 35.8. The van der Waals surface area contributed by atoms with Crippen LogP contribution in [0, 0.1) is 0 Å². The van der Waals surface area contributed by atoms with Crippen LogP contribution in [0.25, 0.3) is 106 Å². The number of hydrogen-bond donors (Lipinski definition) is 0. The smallest absolute Gasteiger partial charge is 0.164 e. The average molecular weight is 780 g/mol. The second kappa shape index (κ2) is 15.5. The Balaban J connectivity index is 1.13. The maximum absolute atomic E-state index is 5.41. The van der Waals surface area contributed by atoms with Crippen LogP contribution in [0.4, 0.5) is 0 Å². The Morgan fingerprint density at radius 3 is 1.21 bits per heavy atom. The first-order valence-corrected chi connectivity index (χ1v) is 20.5. The predicted molar refractivity (Wildman–Crippen MR) is 250 cm³/mol. The fourth-order valence-electron chi connectivity index (χ4n) is 8.22. The third-order valence-electron chi connectivity index (χ3n) is 11.3. The zero-order valence-electron chi connectivity index (χ0n) is 33.1. The van der Waals surface area contributed by atoms with E-state index in [9.17, 15) is 0 Å². The first-order chi connectivity index (χ1) is 30.2. The molecule has 11 aromatic rings. The fraction of sp³-hybridized carbons (Fsp3) is 0. The van der Waals surface area contributed by atoms with Gasteiger partial charge in [0.2, 0.25) is 0 Å². The number of benzene rings is 9. The van der Waals surface area contributed by atoms with Crippen molar-refractivity contribution in [1.29, 1.82) is 0 Å². The van der Waals surface area contributed by atoms with Gasteiger partial charge in [0.25, 0.3) is 0 Å². The van der Waals surface area contributed by atoms with Crippen molar-refractivity contribution in [2.24, 2.45) is 0 Å². The Hall–Kier alpha value is -8.28. The van der Waals surface area contributed by atoms with Crippen molar-refractivity contribution >= 4 is 21.7 Å². The molecule has 0 bridgehead atoms. The number of fused-ring (bicyclic) bond motifs is 3. The monoisotopic (exact) mass is 779 g/mol. The molecule has 5 nitrogen and oxygen atoms in total. The molecule has 2 heterocycles. The van der Waals surface area contributed by atoms with E-state index in [0.29, 0.717) is 17.5 Å². The minimum atomic E-state index is 0.593. The summed E-state index contributed by atoms with van der Waals surface area (Å²) in [7, 11) is 0. The third kappa shape index (κ3) is 6.84. The summed E-state index contributed by atoms with van der Waals surface area (Å²) in [5, 5.41) is 8.63. The molecule has 0 aliphatic carbocycles. The van der Waals surface area contributed by atoms with Gasteiger partial charge in [-0.3, -0.25) is 0 Å². The fourth-order valence-corrected chi connectivity index (χ4v) is 8.22. The van der Waals surface area contributed by atoms with Gasteiger partial charge in [0.05, 0.1) is 11.2 Å². The summed E-state index contributed by atoms with van der Waals surface area (Å²) in [5.74, 6) is 1.81. The van der Waals surface area contributed by atoms with E-state index in [1.165, 1.54) is 0 Å². The van der Waals surface area contributed by atoms with Crippen molar-refractivity contribution in [3.8, 4) is 84.5 Å². The van der Waals surface area contributed by atoms with Crippen LogP contribution in [-0.2, 0) is 0 Å². The summed E-state index contributed by atoms with van der Waals surface area (Å²) in [4.78, 5) is 15.5. The van der Waals surface area contributed by atoms with E-state index in [1.54, 1.807) is 0 Å². The molecule has 0 saturated heterocycles. The Labute approximate surface area is 354 Å². The molecule has 0 unspecified atom stereocenters. The molecule has 5 heteroatoms. The molecule has 0 radical (unpaired) electrons. The second-order valence-electron chi connectivity index (χ2n) is 15.1. The minimum absolute atomic E-state index is 0.593. The highest BCUT2D eigenvalue weighted by Gasteiger charge is 2.22. The quantitative estimate of drug-likeness (QED) is 0.154. The van der Waals surface area contributed by atoms with Gasteiger partial charge in [-0.25, -0.2) is 19.6 Å². The van der Waals surface area contributed by atoms with Crippen molar-refractivity contribution in [3.05, 3.63) is 224 Å². The molecule has 0 N–H and O–H groups in total. The summed E-state index contributed by atoms with van der Waals surface area (Å²) in [6.45, 7) is 0. The minimum Gasteiger partial charge on any atom is -0.232 e. The molecule has 0 amide bonds. The Morgan fingerprint density at radius 1 is 0.311 bits per heavy atom. The van der Waals surface area contributed by atoms with Gasteiger partial charge in [0.1, 0.15) is 5.69 Å². The van der Waals surface area contributed by atoms with Crippen molar-refractivity contribution in [3.63, 3.8) is 0 Å². The lowest BCUT2D eigenvalue weighted by atomic mass is 9.93. The van der Waals surface area contributed by atoms with E-state index >= 15 is 0 Å². The molecule has 61 heavy (non-hydrogen) atoms. The second-order valence-corrected chi connectivity index (χ2v) is 15.1. The largest absolute Gasteiger partial charge is 0.232 e. The number of nitrogens with zero attached hydrogens (tertiary/aromatic N) is 5. The van der Waals surface area contributed by atoms with Gasteiger partial charge in [0.15, 0.2) is 17.5 Å². The van der Waals surface area contributed by atoms with Gasteiger partial charge in [-0.05, 0) is 63.0 Å². The number of aromatic nitrogens is 5. The molecule has 9 aromatic carbocycles. The van der Waals surface area contributed by atoms with E-state index in [2.05, 4.69) is 205 Å². The van der Waals surface area contributed by atoms with E-state index in [4.69, 9.17) is 20.1 Å². The highest BCUT2D eigenvalue weighted by Crippen LogP contribution is 2.42. The number of para-hydroxylation sites is 1. The molecule has 0 saturated carbocycles. The molecule has 0 aliphatic rings. The van der Waals surface area contributed by atoms with Crippen molar-refractivity contribution in [1.82, 2.24) is 24.7 Å². The molecule has 0 fully saturated rings. The Kier molecular flexibility index (Phi) is 9.10. The normalized spacial score (nSPS) is 11.3. The highest BCUT2D eigenvalue weighted by molar-refractivity contribution is 6.17. The lowest BCUT2D eigenvalue weighted by Crippen LogP contribution is -2.01. The summed E-state index contributed by atoms with van der Waals surface area (Å²) in [6, 6.07) is 78.1. The maximum Gasteiger partial charge on any atom is 0.164 e. The van der Waals surface area contributed by atoms with Crippen molar-refractivity contribution in [2.75, 3.05) is 0 Å². The van der Waals surface area contributed by atoms with Gasteiger partial charge >= 0.3 is 0 Å². The molecular weight excluding hydrogens is 743 g/mol. The molecule has 11 rings (SSSR count). The summed E-state index contributed by atoms with van der Waals surface area (Å²) in [5.41, 5.74) is 13.5. The van der Waals surface area contributed by atoms with Gasteiger partial charge in [-0.15, -0.1) is 0 Å². The van der Waals surface area contributed by atoms with Crippen LogP contribution in [-0.4, -0.2) is 24.7 Å². The predicted octanol–water partition coefficient (Wildman–Crippen LogP) is 14.0. The van der Waals surface area contributed by atoms with Crippen LogP contribution < -0.4 is 0 Å². The number of hydrogen-bond acceptors (Lipinski definition) is 4. The summed E-state index contributed by atoms with van der Waals surface area (Å²) < 4.78 is 2.10. The molecule has 286 valence electrons. The zero-order valence-corrected chi connectivity index (χ0v) is 33.1. The van der Waals surface area contributed by atoms with Gasteiger partial charge < -0.3 is 0 Å².